The third kappa shape index (κ3) is 8.67. The Morgan fingerprint density at radius 3 is 2.10 bits per heavy atom. The molecule has 0 fully saturated rings. The van der Waals surface area contributed by atoms with E-state index in [1.54, 1.807) is 0 Å². The van der Waals surface area contributed by atoms with Crippen LogP contribution in [0, 0.1) is 5.41 Å². The molecule has 0 bridgehead atoms. The summed E-state index contributed by atoms with van der Waals surface area (Å²) in [6.45, 7) is 15.1. The lowest BCUT2D eigenvalue weighted by atomic mass is 9.86. The van der Waals surface area contributed by atoms with E-state index in [-0.39, 0.29) is 23.3 Å². The van der Waals surface area contributed by atoms with Crippen LogP contribution in [0.5, 0.6) is 0 Å². The van der Waals surface area contributed by atoms with Crippen molar-refractivity contribution >= 4 is 5.78 Å². The monoisotopic (exact) mass is 287 g/mol. The molecule has 0 heterocycles. The van der Waals surface area contributed by atoms with E-state index in [0.717, 1.165) is 19.4 Å². The summed E-state index contributed by atoms with van der Waals surface area (Å²) in [4.78, 5) is 11.8. The number of ether oxygens (including phenoxy) is 2. The number of hydrogen-bond donors (Lipinski definition) is 1. The number of carbonyl (C=O) groups is 1. The van der Waals surface area contributed by atoms with Crippen LogP contribution in [-0.4, -0.2) is 44.3 Å². The lowest BCUT2D eigenvalue weighted by molar-refractivity contribution is -0.132. The van der Waals surface area contributed by atoms with Gasteiger partial charge in [0.2, 0.25) is 0 Å². The first-order valence-electron chi connectivity index (χ1n) is 7.69. The summed E-state index contributed by atoms with van der Waals surface area (Å²) in [5.41, 5.74) is -0.117. The Morgan fingerprint density at radius 1 is 0.950 bits per heavy atom. The number of carbonyl (C=O) groups excluding carboxylic acids is 1. The Bertz CT molecular complexity index is 275. The molecular weight excluding hydrogens is 254 g/mol. The normalized spacial score (nSPS) is 12.7. The number of nitrogens with one attached hydrogen (secondary N) is 1. The second-order valence-electron chi connectivity index (χ2n) is 6.49. The second-order valence-corrected chi connectivity index (χ2v) is 6.49. The molecule has 4 nitrogen and oxygen atoms in total. The Morgan fingerprint density at radius 2 is 1.55 bits per heavy atom. The zero-order chi connectivity index (χ0) is 15.6. The maximum Gasteiger partial charge on any atom is 0.164 e. The highest BCUT2D eigenvalue weighted by atomic mass is 16.5. The van der Waals surface area contributed by atoms with Crippen molar-refractivity contribution in [1.29, 1.82) is 0 Å². The van der Waals surface area contributed by atoms with E-state index in [1.165, 1.54) is 0 Å². The van der Waals surface area contributed by atoms with Crippen molar-refractivity contribution in [3.05, 3.63) is 0 Å². The van der Waals surface area contributed by atoms with Crippen molar-refractivity contribution in [1.82, 2.24) is 5.32 Å². The highest BCUT2D eigenvalue weighted by molar-refractivity contribution is 5.85. The van der Waals surface area contributed by atoms with Crippen LogP contribution >= 0.6 is 0 Å². The van der Waals surface area contributed by atoms with E-state index in [1.807, 2.05) is 20.8 Å². The highest BCUT2D eigenvalue weighted by Crippen LogP contribution is 2.20. The van der Waals surface area contributed by atoms with Crippen LogP contribution in [0.15, 0.2) is 0 Å². The van der Waals surface area contributed by atoms with Crippen molar-refractivity contribution < 1.29 is 14.3 Å². The minimum atomic E-state index is -0.281. The van der Waals surface area contributed by atoms with Gasteiger partial charge in [-0.3, -0.25) is 4.79 Å². The van der Waals surface area contributed by atoms with Gasteiger partial charge < -0.3 is 14.8 Å². The van der Waals surface area contributed by atoms with Gasteiger partial charge in [-0.25, -0.2) is 0 Å². The number of hydrogen-bond acceptors (Lipinski definition) is 4. The average Bonchev–Trinajstić information content (AvgIpc) is 2.41. The van der Waals surface area contributed by atoms with E-state index >= 15 is 0 Å². The minimum absolute atomic E-state index is 0.159. The number of rotatable bonds is 12. The van der Waals surface area contributed by atoms with Crippen molar-refractivity contribution in [2.45, 2.75) is 59.9 Å². The molecule has 4 heteroatoms. The van der Waals surface area contributed by atoms with Gasteiger partial charge >= 0.3 is 0 Å². The topological polar surface area (TPSA) is 47.6 Å². The van der Waals surface area contributed by atoms with Crippen LogP contribution in [0.4, 0.5) is 0 Å². The molecule has 0 saturated heterocycles. The predicted octanol–water partition coefficient (Wildman–Crippen LogP) is 2.80. The average molecular weight is 287 g/mol. The van der Waals surface area contributed by atoms with E-state index in [0.29, 0.717) is 19.8 Å². The zero-order valence-electron chi connectivity index (χ0n) is 14.2. The molecule has 0 aromatic carbocycles. The lowest BCUT2D eigenvalue weighted by Crippen LogP contribution is -2.40. The van der Waals surface area contributed by atoms with Gasteiger partial charge in [0.25, 0.3) is 0 Å². The van der Waals surface area contributed by atoms with Gasteiger partial charge in [-0.2, -0.15) is 0 Å². The first kappa shape index (κ1) is 19.6. The SMILES string of the molecule is CCC(C)(C)NCCOCCOCC(=O)C(C)(C)CC. The van der Waals surface area contributed by atoms with Crippen LogP contribution in [0.3, 0.4) is 0 Å². The highest BCUT2D eigenvalue weighted by Gasteiger charge is 2.24. The molecule has 0 aromatic rings. The van der Waals surface area contributed by atoms with Gasteiger partial charge in [0, 0.05) is 17.5 Å². The first-order chi connectivity index (χ1) is 9.25. The quantitative estimate of drug-likeness (QED) is 0.561. The van der Waals surface area contributed by atoms with Crippen molar-refractivity contribution in [3.63, 3.8) is 0 Å². The molecule has 0 atom stereocenters. The number of ketones is 1. The van der Waals surface area contributed by atoms with E-state index in [9.17, 15) is 4.79 Å². The van der Waals surface area contributed by atoms with Crippen LogP contribution in [0.1, 0.15) is 54.4 Å². The Labute approximate surface area is 124 Å². The summed E-state index contributed by atoms with van der Waals surface area (Å²) >= 11 is 0. The molecule has 0 amide bonds. The Balaban J connectivity index is 3.49. The van der Waals surface area contributed by atoms with Crippen molar-refractivity contribution in [2.24, 2.45) is 5.41 Å². The molecule has 0 radical (unpaired) electrons. The van der Waals surface area contributed by atoms with Gasteiger partial charge in [0.05, 0.1) is 19.8 Å². The molecule has 120 valence electrons. The summed E-state index contributed by atoms with van der Waals surface area (Å²) < 4.78 is 10.8. The van der Waals surface area contributed by atoms with Crippen molar-refractivity contribution in [3.8, 4) is 0 Å². The van der Waals surface area contributed by atoms with Crippen LogP contribution < -0.4 is 5.32 Å². The summed E-state index contributed by atoms with van der Waals surface area (Å²) in [5.74, 6) is 0.159. The fourth-order valence-electron chi connectivity index (χ4n) is 1.36. The smallest absolute Gasteiger partial charge is 0.164 e. The van der Waals surface area contributed by atoms with Gasteiger partial charge in [0.1, 0.15) is 6.61 Å². The van der Waals surface area contributed by atoms with Crippen LogP contribution in [-0.2, 0) is 14.3 Å². The van der Waals surface area contributed by atoms with E-state index in [2.05, 4.69) is 26.1 Å². The molecular formula is C16H33NO3. The van der Waals surface area contributed by atoms with Gasteiger partial charge in [-0.1, -0.05) is 27.7 Å². The predicted molar refractivity (Wildman–Crippen MR) is 83.1 cm³/mol. The fourth-order valence-corrected chi connectivity index (χ4v) is 1.36. The van der Waals surface area contributed by atoms with Crippen LogP contribution in [0.25, 0.3) is 0 Å². The summed E-state index contributed by atoms with van der Waals surface area (Å²) in [6.07, 6.45) is 1.93. The third-order valence-electron chi connectivity index (χ3n) is 3.98. The molecule has 0 aliphatic heterocycles. The van der Waals surface area contributed by atoms with Gasteiger partial charge in [-0.05, 0) is 26.7 Å². The van der Waals surface area contributed by atoms with Crippen LogP contribution in [0.2, 0.25) is 0 Å². The fraction of sp³-hybridized carbons (Fsp3) is 0.938. The van der Waals surface area contributed by atoms with Gasteiger partial charge in [-0.15, -0.1) is 0 Å². The molecule has 0 rings (SSSR count). The van der Waals surface area contributed by atoms with E-state index in [4.69, 9.17) is 9.47 Å². The van der Waals surface area contributed by atoms with E-state index < -0.39 is 0 Å². The molecule has 0 unspecified atom stereocenters. The molecule has 0 aromatic heterocycles. The molecule has 1 N–H and O–H groups in total. The molecule has 0 aliphatic carbocycles. The largest absolute Gasteiger partial charge is 0.378 e. The molecule has 0 aliphatic rings. The lowest BCUT2D eigenvalue weighted by Gasteiger charge is -2.24. The summed E-state index contributed by atoms with van der Waals surface area (Å²) in [6, 6.07) is 0. The minimum Gasteiger partial charge on any atom is -0.378 e. The summed E-state index contributed by atoms with van der Waals surface area (Å²) in [5, 5.41) is 3.43. The molecule has 20 heavy (non-hydrogen) atoms. The Kier molecular flexibility index (Phi) is 9.27. The standard InChI is InChI=1S/C16H33NO3/c1-7-15(3,4)14(18)13-20-12-11-19-10-9-17-16(5,6)8-2/h17H,7-13H2,1-6H3. The maximum atomic E-state index is 11.8. The maximum absolute atomic E-state index is 11.8. The second kappa shape index (κ2) is 9.48. The Hall–Kier alpha value is -0.450. The summed E-state index contributed by atoms with van der Waals surface area (Å²) in [7, 11) is 0. The molecule has 0 saturated carbocycles. The third-order valence-corrected chi connectivity index (χ3v) is 3.98. The molecule has 0 spiro atoms. The van der Waals surface area contributed by atoms with Crippen molar-refractivity contribution in [2.75, 3.05) is 33.0 Å². The number of Topliss-reactive ketones (excluding diaryl/α,β-unsaturated/α-hetero) is 1. The van der Waals surface area contributed by atoms with Gasteiger partial charge in [0.15, 0.2) is 5.78 Å². The first-order valence-corrected chi connectivity index (χ1v) is 7.69. The zero-order valence-corrected chi connectivity index (χ0v) is 14.2.